The van der Waals surface area contributed by atoms with Gasteiger partial charge in [0.05, 0.1) is 25.5 Å². The third kappa shape index (κ3) is 2.81. The fourth-order valence-electron chi connectivity index (χ4n) is 1.91. The van der Waals surface area contributed by atoms with Crippen molar-refractivity contribution in [3.8, 4) is 0 Å². The number of aliphatic hydroxyl groups is 1. The van der Waals surface area contributed by atoms with Gasteiger partial charge < -0.3 is 15.2 Å². The summed E-state index contributed by atoms with van der Waals surface area (Å²) in [5, 5.41) is 16.4. The van der Waals surface area contributed by atoms with Gasteiger partial charge in [0, 0.05) is 31.5 Å². The molecule has 0 bridgehead atoms. The Kier molecular flexibility index (Phi) is 3.93. The molecule has 0 aromatic carbocycles. The van der Waals surface area contributed by atoms with Gasteiger partial charge in [-0.25, -0.2) is 0 Å². The van der Waals surface area contributed by atoms with E-state index < -0.39 is 0 Å². The van der Waals surface area contributed by atoms with Gasteiger partial charge in [-0.2, -0.15) is 5.10 Å². The lowest BCUT2D eigenvalue weighted by Gasteiger charge is -2.34. The zero-order chi connectivity index (χ0) is 11.4. The van der Waals surface area contributed by atoms with E-state index in [1.807, 2.05) is 12.4 Å². The molecule has 16 heavy (non-hydrogen) atoms. The molecule has 0 atom stereocenters. The van der Waals surface area contributed by atoms with Gasteiger partial charge in [-0.15, -0.1) is 0 Å². The number of nitrogens with zero attached hydrogens (tertiary/aromatic N) is 2. The summed E-state index contributed by atoms with van der Waals surface area (Å²) in [5.74, 6) is 0. The zero-order valence-electron chi connectivity index (χ0n) is 9.59. The number of hydrogen-bond donors (Lipinski definition) is 2. The number of ether oxygens (including phenoxy) is 1. The molecule has 0 unspecified atom stereocenters. The van der Waals surface area contributed by atoms with Crippen molar-refractivity contribution in [2.45, 2.75) is 38.1 Å². The maximum Gasteiger partial charge on any atom is 0.0640 e. The lowest BCUT2D eigenvalue weighted by atomic mass is 9.89. The van der Waals surface area contributed by atoms with Crippen LogP contribution in [-0.2, 0) is 17.8 Å². The van der Waals surface area contributed by atoms with Gasteiger partial charge >= 0.3 is 0 Å². The minimum Gasteiger partial charge on any atom is -0.394 e. The highest BCUT2D eigenvalue weighted by atomic mass is 16.5. The summed E-state index contributed by atoms with van der Waals surface area (Å²) < 4.78 is 6.98. The van der Waals surface area contributed by atoms with E-state index in [1.165, 1.54) is 0 Å². The van der Waals surface area contributed by atoms with Crippen molar-refractivity contribution >= 4 is 0 Å². The topological polar surface area (TPSA) is 59.3 Å². The van der Waals surface area contributed by atoms with Crippen LogP contribution in [0, 0.1) is 0 Å². The highest BCUT2D eigenvalue weighted by molar-refractivity contribution is 5.04. The molecule has 0 radical (unpaired) electrons. The van der Waals surface area contributed by atoms with E-state index in [-0.39, 0.29) is 6.61 Å². The van der Waals surface area contributed by atoms with Gasteiger partial charge in [0.1, 0.15) is 0 Å². The largest absolute Gasteiger partial charge is 0.394 e. The molecule has 1 aromatic heterocycles. The molecule has 5 heteroatoms. The van der Waals surface area contributed by atoms with E-state index in [0.717, 1.165) is 24.9 Å². The Hall–Kier alpha value is -0.910. The molecule has 1 fully saturated rings. The predicted octanol–water partition coefficient (Wildman–Crippen LogP) is 0.142. The normalized spacial score (nSPS) is 24.4. The molecule has 1 heterocycles. The van der Waals surface area contributed by atoms with Gasteiger partial charge in [0.2, 0.25) is 0 Å². The molecule has 0 spiro atoms. The smallest absolute Gasteiger partial charge is 0.0640 e. The van der Waals surface area contributed by atoms with Gasteiger partial charge in [0.15, 0.2) is 0 Å². The first kappa shape index (κ1) is 11.6. The molecule has 90 valence electrons. The van der Waals surface area contributed by atoms with Gasteiger partial charge in [0.25, 0.3) is 0 Å². The maximum absolute atomic E-state index is 8.76. The highest BCUT2D eigenvalue weighted by Gasteiger charge is 2.28. The summed E-state index contributed by atoms with van der Waals surface area (Å²) >= 11 is 0. The quantitative estimate of drug-likeness (QED) is 0.723. The second kappa shape index (κ2) is 5.43. The van der Waals surface area contributed by atoms with Crippen LogP contribution in [0.3, 0.4) is 0 Å². The molecular formula is C11H19N3O2. The van der Waals surface area contributed by atoms with Crippen LogP contribution in [0.25, 0.3) is 0 Å². The van der Waals surface area contributed by atoms with Crippen molar-refractivity contribution in [1.82, 2.24) is 15.1 Å². The summed E-state index contributed by atoms with van der Waals surface area (Å²) in [5.41, 5.74) is 1.16. The van der Waals surface area contributed by atoms with Crippen LogP contribution in [0.1, 0.15) is 18.4 Å². The first-order chi connectivity index (χ1) is 7.81. The van der Waals surface area contributed by atoms with Crippen LogP contribution >= 0.6 is 0 Å². The number of hydrogen-bond acceptors (Lipinski definition) is 4. The molecular weight excluding hydrogens is 206 g/mol. The van der Waals surface area contributed by atoms with E-state index in [1.54, 1.807) is 11.8 Å². The molecule has 1 saturated carbocycles. The number of aromatic nitrogens is 2. The summed E-state index contributed by atoms with van der Waals surface area (Å²) in [6, 6.07) is 0.575. The Balaban J connectivity index is 1.69. The van der Waals surface area contributed by atoms with E-state index in [9.17, 15) is 0 Å². The molecule has 5 nitrogen and oxygen atoms in total. The van der Waals surface area contributed by atoms with Crippen LogP contribution in [0.4, 0.5) is 0 Å². The van der Waals surface area contributed by atoms with Gasteiger partial charge in [-0.05, 0) is 12.8 Å². The zero-order valence-corrected chi connectivity index (χ0v) is 9.59. The SMILES string of the molecule is COC1CC(NCc2cnn(CCO)c2)C1. The lowest BCUT2D eigenvalue weighted by molar-refractivity contribution is 0.0170. The monoisotopic (exact) mass is 225 g/mol. The molecule has 0 saturated heterocycles. The highest BCUT2D eigenvalue weighted by Crippen LogP contribution is 2.22. The average Bonchev–Trinajstić information content (AvgIpc) is 2.64. The Morgan fingerprint density at radius 1 is 1.62 bits per heavy atom. The third-order valence-electron chi connectivity index (χ3n) is 3.04. The fraction of sp³-hybridized carbons (Fsp3) is 0.727. The third-order valence-corrected chi connectivity index (χ3v) is 3.04. The Morgan fingerprint density at radius 3 is 3.12 bits per heavy atom. The minimum absolute atomic E-state index is 0.132. The Labute approximate surface area is 95.4 Å². The first-order valence-corrected chi connectivity index (χ1v) is 5.70. The van der Waals surface area contributed by atoms with Crippen molar-refractivity contribution in [3.63, 3.8) is 0 Å². The van der Waals surface area contributed by atoms with Crippen molar-refractivity contribution in [1.29, 1.82) is 0 Å². The summed E-state index contributed by atoms with van der Waals surface area (Å²) in [6.07, 6.45) is 6.45. The number of nitrogens with one attached hydrogen (secondary N) is 1. The lowest BCUT2D eigenvalue weighted by Crippen LogP contribution is -2.44. The van der Waals surface area contributed by atoms with Crippen LogP contribution in [0.15, 0.2) is 12.4 Å². The van der Waals surface area contributed by atoms with Gasteiger partial charge in [-0.3, -0.25) is 4.68 Å². The second-order valence-electron chi connectivity index (χ2n) is 4.24. The van der Waals surface area contributed by atoms with Crippen molar-refractivity contribution in [2.24, 2.45) is 0 Å². The summed E-state index contributed by atoms with van der Waals surface area (Å²) in [6.45, 7) is 1.54. The van der Waals surface area contributed by atoms with Crippen LogP contribution in [-0.4, -0.2) is 40.7 Å². The van der Waals surface area contributed by atoms with E-state index in [0.29, 0.717) is 18.7 Å². The number of aliphatic hydroxyl groups excluding tert-OH is 1. The van der Waals surface area contributed by atoms with Gasteiger partial charge in [-0.1, -0.05) is 0 Å². The van der Waals surface area contributed by atoms with E-state index >= 15 is 0 Å². The van der Waals surface area contributed by atoms with Crippen molar-refractivity contribution in [3.05, 3.63) is 18.0 Å². The average molecular weight is 225 g/mol. The van der Waals surface area contributed by atoms with E-state index in [4.69, 9.17) is 9.84 Å². The summed E-state index contributed by atoms with van der Waals surface area (Å²) in [7, 11) is 1.76. The molecule has 2 rings (SSSR count). The standard InChI is InChI=1S/C11H19N3O2/c1-16-11-4-10(5-11)12-6-9-7-13-14(8-9)2-3-15/h7-8,10-12,15H,2-6H2,1H3. The van der Waals surface area contributed by atoms with Crippen LogP contribution in [0.2, 0.25) is 0 Å². The Bertz CT molecular complexity index is 321. The molecule has 0 aliphatic heterocycles. The maximum atomic E-state index is 8.76. The molecule has 1 aliphatic rings. The number of methoxy groups -OCH3 is 1. The minimum atomic E-state index is 0.132. The molecule has 1 aromatic rings. The van der Waals surface area contributed by atoms with Crippen LogP contribution in [0.5, 0.6) is 0 Å². The first-order valence-electron chi connectivity index (χ1n) is 5.70. The van der Waals surface area contributed by atoms with Crippen molar-refractivity contribution < 1.29 is 9.84 Å². The molecule has 0 amide bonds. The fourth-order valence-corrected chi connectivity index (χ4v) is 1.91. The van der Waals surface area contributed by atoms with Crippen LogP contribution < -0.4 is 5.32 Å². The predicted molar refractivity (Wildman–Crippen MR) is 60.0 cm³/mol. The van der Waals surface area contributed by atoms with Crippen molar-refractivity contribution in [2.75, 3.05) is 13.7 Å². The Morgan fingerprint density at radius 2 is 2.44 bits per heavy atom. The number of rotatable bonds is 6. The molecule has 1 aliphatic carbocycles. The van der Waals surface area contributed by atoms with E-state index in [2.05, 4.69) is 10.4 Å². The second-order valence-corrected chi connectivity index (χ2v) is 4.24. The summed E-state index contributed by atoms with van der Waals surface area (Å²) in [4.78, 5) is 0. The molecule has 2 N–H and O–H groups in total.